The summed E-state index contributed by atoms with van der Waals surface area (Å²) in [6.07, 6.45) is -4.71. The van der Waals surface area contributed by atoms with Gasteiger partial charge in [-0.2, -0.15) is 10.1 Å². The van der Waals surface area contributed by atoms with E-state index in [-0.39, 0.29) is 23.6 Å². The Morgan fingerprint density at radius 2 is 2.05 bits per heavy atom. The van der Waals surface area contributed by atoms with E-state index in [1.807, 2.05) is 20.8 Å². The number of aliphatic hydroxyl groups excluding tert-OH is 1. The standard InChI is InChI=1S/C24H33FN5O8P/c1-15(21(32)35-13-23(2,3)4)29-39(34,38-16-9-7-6-8-10-16)36-14-24(27-5)19(31)18(25)20(37-24)30-12-11-17(26)28-22(30)33/h6-12,15,18-20,31H,5,13-14H2,1-4H3,(H,29,34)(H2,26,28,33)/t15-,18+,19-,20+,24+,39?/m0/s1. The van der Waals surface area contributed by atoms with Crippen molar-refractivity contribution in [1.82, 2.24) is 14.6 Å². The third-order valence-electron chi connectivity index (χ3n) is 5.52. The first kappa shape index (κ1) is 30.4. The van der Waals surface area contributed by atoms with Crippen LogP contribution in [0.1, 0.15) is 33.9 Å². The first-order valence-electron chi connectivity index (χ1n) is 11.9. The Kier molecular flexibility index (Phi) is 9.29. The van der Waals surface area contributed by atoms with Crippen LogP contribution < -0.4 is 21.0 Å². The summed E-state index contributed by atoms with van der Waals surface area (Å²) in [6, 6.07) is 8.02. The quantitative estimate of drug-likeness (QED) is 0.205. The second-order valence-corrected chi connectivity index (χ2v) is 11.8. The van der Waals surface area contributed by atoms with Gasteiger partial charge in [-0.1, -0.05) is 39.0 Å². The lowest BCUT2D eigenvalue weighted by molar-refractivity contribution is -0.148. The highest BCUT2D eigenvalue weighted by Gasteiger charge is 2.57. The summed E-state index contributed by atoms with van der Waals surface area (Å²) in [6.45, 7) is 9.64. The molecule has 0 spiro atoms. The van der Waals surface area contributed by atoms with Crippen LogP contribution in [-0.4, -0.2) is 64.6 Å². The third kappa shape index (κ3) is 7.49. The van der Waals surface area contributed by atoms with Crippen LogP contribution in [0.3, 0.4) is 0 Å². The number of rotatable bonds is 11. The Bertz CT molecular complexity index is 1270. The molecule has 0 saturated carbocycles. The maximum atomic E-state index is 15.2. The number of carbonyl (C=O) groups is 1. The first-order chi connectivity index (χ1) is 18.2. The minimum atomic E-state index is -4.43. The molecule has 2 heterocycles. The minimum Gasteiger partial charge on any atom is -0.464 e. The number of aliphatic hydroxyl groups is 1. The molecule has 1 aromatic heterocycles. The van der Waals surface area contributed by atoms with Gasteiger partial charge in [-0.15, -0.1) is 0 Å². The molecule has 0 amide bonds. The van der Waals surface area contributed by atoms with Gasteiger partial charge in [0.1, 0.15) is 30.3 Å². The van der Waals surface area contributed by atoms with Crippen LogP contribution in [0.4, 0.5) is 10.2 Å². The van der Waals surface area contributed by atoms with Gasteiger partial charge >= 0.3 is 19.4 Å². The molecule has 0 bridgehead atoms. The van der Waals surface area contributed by atoms with Gasteiger partial charge in [0.05, 0.1) is 6.61 Å². The number of alkyl halides is 1. The Labute approximate surface area is 224 Å². The fraction of sp³-hybridized carbons (Fsp3) is 0.500. The van der Waals surface area contributed by atoms with Crippen molar-refractivity contribution in [2.24, 2.45) is 10.4 Å². The summed E-state index contributed by atoms with van der Waals surface area (Å²) in [5, 5.41) is 13.2. The highest BCUT2D eigenvalue weighted by atomic mass is 31.2. The molecule has 1 fully saturated rings. The molecule has 214 valence electrons. The van der Waals surface area contributed by atoms with Crippen molar-refractivity contribution >= 4 is 26.3 Å². The number of carbonyl (C=O) groups excluding carboxylic acids is 1. The summed E-state index contributed by atoms with van der Waals surface area (Å²) < 4.78 is 51.8. The topological polar surface area (TPSA) is 177 Å². The Balaban J connectivity index is 1.83. The third-order valence-corrected chi connectivity index (χ3v) is 7.14. The van der Waals surface area contributed by atoms with Crippen molar-refractivity contribution in [3.05, 3.63) is 53.1 Å². The van der Waals surface area contributed by atoms with Gasteiger partial charge in [-0.05, 0) is 37.3 Å². The van der Waals surface area contributed by atoms with Crippen LogP contribution in [0.25, 0.3) is 0 Å². The van der Waals surface area contributed by atoms with Crippen molar-refractivity contribution < 1.29 is 37.4 Å². The maximum Gasteiger partial charge on any atom is 0.459 e. The summed E-state index contributed by atoms with van der Waals surface area (Å²) >= 11 is 0. The van der Waals surface area contributed by atoms with Crippen LogP contribution in [0.15, 0.2) is 52.4 Å². The number of nitrogens with two attached hydrogens (primary N) is 1. The highest BCUT2D eigenvalue weighted by Crippen LogP contribution is 2.48. The molecule has 1 aliphatic rings. The molecule has 6 atom stereocenters. The van der Waals surface area contributed by atoms with Crippen molar-refractivity contribution in [2.45, 2.75) is 58.0 Å². The molecule has 3 rings (SSSR count). The fourth-order valence-electron chi connectivity index (χ4n) is 3.46. The zero-order chi connectivity index (χ0) is 29.0. The summed E-state index contributed by atoms with van der Waals surface area (Å²) in [5.41, 5.74) is 2.03. The van der Waals surface area contributed by atoms with Gasteiger partial charge in [0, 0.05) is 6.20 Å². The Hall–Kier alpha value is -3.16. The van der Waals surface area contributed by atoms with E-state index >= 15 is 4.39 Å². The van der Waals surface area contributed by atoms with Crippen LogP contribution in [-0.2, 0) is 23.4 Å². The number of nitrogens with one attached hydrogen (secondary N) is 1. The number of benzene rings is 1. The number of hydrogen-bond acceptors (Lipinski definition) is 11. The molecule has 15 heteroatoms. The van der Waals surface area contributed by atoms with Gasteiger partial charge in [0.25, 0.3) is 0 Å². The van der Waals surface area contributed by atoms with E-state index in [0.29, 0.717) is 0 Å². The predicted octanol–water partition coefficient (Wildman–Crippen LogP) is 2.22. The lowest BCUT2D eigenvalue weighted by Crippen LogP contribution is -2.45. The average Bonchev–Trinajstić information content (AvgIpc) is 3.12. The maximum absolute atomic E-state index is 15.2. The van der Waals surface area contributed by atoms with Crippen molar-refractivity contribution in [1.29, 1.82) is 0 Å². The van der Waals surface area contributed by atoms with E-state index in [2.05, 4.69) is 21.8 Å². The molecule has 1 unspecified atom stereocenters. The smallest absolute Gasteiger partial charge is 0.459 e. The molecular formula is C24H33FN5O8P. The molecule has 0 aliphatic carbocycles. The normalized spacial score (nSPS) is 25.4. The molecule has 1 aliphatic heterocycles. The number of nitrogen functional groups attached to an aromatic ring is 1. The number of nitrogens with zero attached hydrogens (tertiary/aromatic N) is 3. The van der Waals surface area contributed by atoms with E-state index < -0.39 is 56.3 Å². The number of hydrogen-bond donors (Lipinski definition) is 3. The van der Waals surface area contributed by atoms with Crippen molar-refractivity contribution in [3.8, 4) is 5.75 Å². The molecular weight excluding hydrogens is 536 g/mol. The van der Waals surface area contributed by atoms with E-state index in [1.165, 1.54) is 25.1 Å². The molecule has 0 radical (unpaired) electrons. The average molecular weight is 570 g/mol. The fourth-order valence-corrected chi connectivity index (χ4v) is 4.98. The van der Waals surface area contributed by atoms with Gasteiger partial charge < -0.3 is 24.8 Å². The number of aliphatic imine (C=N–C) groups is 1. The van der Waals surface area contributed by atoms with E-state index in [9.17, 15) is 19.3 Å². The first-order valence-corrected chi connectivity index (χ1v) is 13.5. The van der Waals surface area contributed by atoms with Crippen molar-refractivity contribution in [3.63, 3.8) is 0 Å². The Morgan fingerprint density at radius 3 is 2.64 bits per heavy atom. The number of anilines is 1. The van der Waals surface area contributed by atoms with Crippen LogP contribution >= 0.6 is 7.75 Å². The largest absolute Gasteiger partial charge is 0.464 e. The van der Waals surface area contributed by atoms with Gasteiger partial charge in [-0.25, -0.2) is 13.8 Å². The zero-order valence-corrected chi connectivity index (χ0v) is 22.9. The summed E-state index contributed by atoms with van der Waals surface area (Å²) in [7, 11) is -4.43. The van der Waals surface area contributed by atoms with E-state index in [1.54, 1.807) is 18.2 Å². The molecule has 4 N–H and O–H groups in total. The van der Waals surface area contributed by atoms with Gasteiger partial charge in [-0.3, -0.25) is 18.9 Å². The van der Waals surface area contributed by atoms with E-state index in [4.69, 9.17) is 24.3 Å². The number of para-hydroxylation sites is 1. The van der Waals surface area contributed by atoms with E-state index in [0.717, 1.165) is 10.8 Å². The predicted molar refractivity (Wildman–Crippen MR) is 140 cm³/mol. The number of esters is 1. The molecule has 2 aromatic rings. The van der Waals surface area contributed by atoms with Crippen molar-refractivity contribution in [2.75, 3.05) is 18.9 Å². The molecule has 1 aromatic carbocycles. The Morgan fingerprint density at radius 1 is 1.38 bits per heavy atom. The van der Waals surface area contributed by atoms with Crippen LogP contribution in [0.2, 0.25) is 0 Å². The minimum absolute atomic E-state index is 0.0955. The molecule has 1 saturated heterocycles. The highest BCUT2D eigenvalue weighted by molar-refractivity contribution is 7.52. The second kappa shape index (κ2) is 11.9. The molecule has 13 nitrogen and oxygen atoms in total. The monoisotopic (exact) mass is 569 g/mol. The number of aromatic nitrogens is 2. The number of halogens is 1. The molecule has 39 heavy (non-hydrogen) atoms. The van der Waals surface area contributed by atoms with Crippen LogP contribution in [0.5, 0.6) is 5.75 Å². The SMILES string of the molecule is C=N[C@]1(COP(=O)(N[C@@H](C)C(=O)OCC(C)(C)C)Oc2ccccc2)O[C@@H](n2ccc(N)nc2=O)[C@H](F)[C@@H]1O. The number of ether oxygens (including phenoxy) is 2. The summed E-state index contributed by atoms with van der Waals surface area (Å²) in [5.74, 6) is -0.696. The summed E-state index contributed by atoms with van der Waals surface area (Å²) in [4.78, 5) is 32.0. The lowest BCUT2D eigenvalue weighted by atomic mass is 9.99. The van der Waals surface area contributed by atoms with Gasteiger partial charge in [0.15, 0.2) is 12.4 Å². The van der Waals surface area contributed by atoms with Gasteiger partial charge in [0.2, 0.25) is 5.72 Å². The lowest BCUT2D eigenvalue weighted by Gasteiger charge is -2.30. The zero-order valence-electron chi connectivity index (χ0n) is 22.0. The second-order valence-electron chi connectivity index (χ2n) is 10.1. The van der Waals surface area contributed by atoms with Crippen LogP contribution in [0, 0.1) is 5.41 Å².